The van der Waals surface area contributed by atoms with Crippen molar-refractivity contribution in [2.45, 2.75) is 200 Å². The van der Waals surface area contributed by atoms with Crippen LogP contribution in [0.4, 0.5) is 0 Å². The van der Waals surface area contributed by atoms with Crippen LogP contribution in [-0.2, 0) is 23.8 Å². The molecule has 6 heteroatoms. The van der Waals surface area contributed by atoms with Crippen molar-refractivity contribution in [3.63, 3.8) is 0 Å². The second-order valence-electron chi connectivity index (χ2n) is 13.5. The first-order valence-electron chi connectivity index (χ1n) is 18.7. The van der Waals surface area contributed by atoms with Gasteiger partial charge in [-0.2, -0.15) is 0 Å². The summed E-state index contributed by atoms with van der Waals surface area (Å²) in [6.07, 6.45) is 33.0. The summed E-state index contributed by atoms with van der Waals surface area (Å²) in [5, 5.41) is 9.54. The summed E-state index contributed by atoms with van der Waals surface area (Å²) in [4.78, 5) is 24.2. The highest BCUT2D eigenvalue weighted by Gasteiger charge is 2.36. The molecule has 3 atom stereocenters. The van der Waals surface area contributed by atoms with Gasteiger partial charge >= 0.3 is 11.9 Å². The lowest BCUT2D eigenvalue weighted by atomic mass is 10.0. The predicted molar refractivity (Wildman–Crippen MR) is 182 cm³/mol. The van der Waals surface area contributed by atoms with Crippen molar-refractivity contribution >= 4 is 11.9 Å². The number of allylic oxidation sites excluding steroid dienone is 1. The predicted octanol–water partition coefficient (Wildman–Crippen LogP) is 10.2. The van der Waals surface area contributed by atoms with Crippen LogP contribution < -0.4 is 0 Å². The fraction of sp³-hybridized carbons (Fsp3) is 0.895. The maximum Gasteiger partial charge on any atom is 0.306 e. The Balaban J connectivity index is 1.88. The largest absolute Gasteiger partial charge is 0.462 e. The van der Waals surface area contributed by atoms with Crippen molar-refractivity contribution in [2.24, 2.45) is 5.92 Å². The van der Waals surface area contributed by atoms with Gasteiger partial charge in [-0.1, -0.05) is 142 Å². The topological polar surface area (TPSA) is 85.4 Å². The van der Waals surface area contributed by atoms with Gasteiger partial charge in [-0.3, -0.25) is 9.59 Å². The fourth-order valence-electron chi connectivity index (χ4n) is 5.69. The molecule has 0 saturated carbocycles. The summed E-state index contributed by atoms with van der Waals surface area (Å²) < 4.78 is 16.3. The van der Waals surface area contributed by atoms with Gasteiger partial charge in [0, 0.05) is 12.8 Å². The zero-order valence-electron chi connectivity index (χ0n) is 29.0. The molecule has 1 aliphatic rings. The van der Waals surface area contributed by atoms with Gasteiger partial charge in [0.1, 0.15) is 6.61 Å². The number of epoxide rings is 1. The molecule has 1 rings (SSSR count). The SMILES string of the molecule is CCCCCC1OC1C/C=C\CCCCCCCC(=O)O[C@@H](CO)COC(=O)CCCCCCCCCCCCCC(C)C. The van der Waals surface area contributed by atoms with E-state index in [1.54, 1.807) is 0 Å². The van der Waals surface area contributed by atoms with Crippen LogP contribution >= 0.6 is 0 Å². The average Bonchev–Trinajstić information content (AvgIpc) is 3.76. The van der Waals surface area contributed by atoms with Gasteiger partial charge < -0.3 is 19.3 Å². The lowest BCUT2D eigenvalue weighted by molar-refractivity contribution is -0.161. The van der Waals surface area contributed by atoms with E-state index >= 15 is 0 Å². The van der Waals surface area contributed by atoms with Gasteiger partial charge in [0.05, 0.1) is 18.8 Å². The Bertz CT molecular complexity index is 705. The number of aliphatic hydroxyl groups is 1. The maximum absolute atomic E-state index is 12.1. The van der Waals surface area contributed by atoms with Crippen molar-refractivity contribution < 1.29 is 28.9 Å². The van der Waals surface area contributed by atoms with E-state index in [9.17, 15) is 14.7 Å². The molecule has 1 heterocycles. The number of ether oxygens (including phenoxy) is 3. The van der Waals surface area contributed by atoms with Crippen LogP contribution in [0.2, 0.25) is 0 Å². The third kappa shape index (κ3) is 25.9. The molecule has 2 unspecified atom stereocenters. The number of rotatable bonds is 32. The molecule has 0 bridgehead atoms. The minimum atomic E-state index is -0.777. The van der Waals surface area contributed by atoms with E-state index < -0.39 is 6.10 Å². The van der Waals surface area contributed by atoms with E-state index in [4.69, 9.17) is 14.2 Å². The molecule has 1 aliphatic heterocycles. The molecular weight excluding hydrogens is 552 g/mol. The second-order valence-corrected chi connectivity index (χ2v) is 13.5. The molecule has 1 N–H and O–H groups in total. The van der Waals surface area contributed by atoms with Crippen LogP contribution in [0, 0.1) is 5.92 Å². The molecule has 0 aromatic carbocycles. The van der Waals surface area contributed by atoms with Crippen molar-refractivity contribution in [3.8, 4) is 0 Å². The molecule has 1 fully saturated rings. The van der Waals surface area contributed by atoms with Crippen LogP contribution in [0.3, 0.4) is 0 Å². The van der Waals surface area contributed by atoms with Crippen LogP contribution in [0.15, 0.2) is 12.2 Å². The van der Waals surface area contributed by atoms with Crippen molar-refractivity contribution in [2.75, 3.05) is 13.2 Å². The first kappa shape index (κ1) is 40.6. The Morgan fingerprint density at radius 1 is 0.705 bits per heavy atom. The maximum atomic E-state index is 12.1. The number of hydrogen-bond donors (Lipinski definition) is 1. The van der Waals surface area contributed by atoms with Gasteiger partial charge in [0.25, 0.3) is 0 Å². The smallest absolute Gasteiger partial charge is 0.306 e. The molecule has 0 spiro atoms. The first-order chi connectivity index (χ1) is 21.5. The number of esters is 2. The fourth-order valence-corrected chi connectivity index (χ4v) is 5.69. The van der Waals surface area contributed by atoms with E-state index in [2.05, 4.69) is 32.9 Å². The molecule has 0 aliphatic carbocycles. The number of hydrogen-bond acceptors (Lipinski definition) is 6. The first-order valence-corrected chi connectivity index (χ1v) is 18.7. The molecule has 0 aromatic heterocycles. The Morgan fingerprint density at radius 2 is 1.27 bits per heavy atom. The summed E-state index contributed by atoms with van der Waals surface area (Å²) in [6.45, 7) is 6.43. The van der Waals surface area contributed by atoms with Gasteiger partial charge in [0.2, 0.25) is 0 Å². The molecule has 0 aromatic rings. The van der Waals surface area contributed by atoms with Crippen LogP contribution in [0.1, 0.15) is 181 Å². The highest BCUT2D eigenvalue weighted by Crippen LogP contribution is 2.30. The second kappa shape index (κ2) is 29.0. The summed E-state index contributed by atoms with van der Waals surface area (Å²) >= 11 is 0. The standard InChI is InChI=1S/C38H70O6/c1-4-5-21-27-35-36(44-35)28-23-18-14-11-12-16-20-25-30-38(41)43-34(31-39)32-42-37(40)29-24-19-15-10-8-6-7-9-13-17-22-26-33(2)3/h18,23,33-36,39H,4-17,19-22,24-32H2,1-3H3/b23-18-/t34-,35?,36?/m0/s1. The molecule has 6 nitrogen and oxygen atoms in total. The van der Waals surface area contributed by atoms with Crippen LogP contribution in [-0.4, -0.2) is 48.6 Å². The molecule has 0 amide bonds. The van der Waals surface area contributed by atoms with E-state index in [1.165, 1.54) is 89.9 Å². The van der Waals surface area contributed by atoms with E-state index in [-0.39, 0.29) is 25.2 Å². The van der Waals surface area contributed by atoms with Crippen molar-refractivity contribution in [1.82, 2.24) is 0 Å². The Morgan fingerprint density at radius 3 is 1.86 bits per heavy atom. The summed E-state index contributed by atoms with van der Waals surface area (Å²) in [7, 11) is 0. The Kier molecular flexibility index (Phi) is 26.8. The quantitative estimate of drug-likeness (QED) is 0.0348. The summed E-state index contributed by atoms with van der Waals surface area (Å²) in [5.74, 6) is 0.225. The lowest BCUT2D eigenvalue weighted by Crippen LogP contribution is -2.28. The average molecular weight is 623 g/mol. The molecule has 1 saturated heterocycles. The highest BCUT2D eigenvalue weighted by molar-refractivity contribution is 5.70. The van der Waals surface area contributed by atoms with Gasteiger partial charge in [-0.05, 0) is 44.4 Å². The normalized spacial score (nSPS) is 16.9. The number of unbranched alkanes of at least 4 members (excludes halogenated alkanes) is 17. The number of carbonyl (C=O) groups excluding carboxylic acids is 2. The zero-order chi connectivity index (χ0) is 32.1. The molecule has 44 heavy (non-hydrogen) atoms. The van der Waals surface area contributed by atoms with Crippen molar-refractivity contribution in [3.05, 3.63) is 12.2 Å². The van der Waals surface area contributed by atoms with E-state index in [0.717, 1.165) is 63.7 Å². The van der Waals surface area contributed by atoms with Crippen LogP contribution in [0.5, 0.6) is 0 Å². The van der Waals surface area contributed by atoms with Crippen molar-refractivity contribution in [1.29, 1.82) is 0 Å². The molecule has 258 valence electrons. The van der Waals surface area contributed by atoms with Gasteiger partial charge in [-0.25, -0.2) is 0 Å². The minimum absolute atomic E-state index is 0.0710. The third-order valence-corrected chi connectivity index (χ3v) is 8.66. The Labute approximate surface area is 271 Å². The number of aliphatic hydroxyl groups excluding tert-OH is 1. The summed E-state index contributed by atoms with van der Waals surface area (Å²) in [5.41, 5.74) is 0. The molecular formula is C38H70O6. The molecule has 0 radical (unpaired) electrons. The van der Waals surface area contributed by atoms with E-state index in [1.807, 2.05) is 0 Å². The van der Waals surface area contributed by atoms with Gasteiger partial charge in [-0.15, -0.1) is 0 Å². The van der Waals surface area contributed by atoms with E-state index in [0.29, 0.717) is 25.0 Å². The third-order valence-electron chi connectivity index (χ3n) is 8.66. The zero-order valence-corrected chi connectivity index (χ0v) is 29.0. The monoisotopic (exact) mass is 623 g/mol. The Hall–Kier alpha value is -1.40. The summed E-state index contributed by atoms with van der Waals surface area (Å²) in [6, 6.07) is 0. The lowest BCUT2D eigenvalue weighted by Gasteiger charge is -2.15. The highest BCUT2D eigenvalue weighted by atomic mass is 16.6. The van der Waals surface area contributed by atoms with Crippen LogP contribution in [0.25, 0.3) is 0 Å². The minimum Gasteiger partial charge on any atom is -0.462 e. The number of carbonyl (C=O) groups is 2. The van der Waals surface area contributed by atoms with Gasteiger partial charge in [0.15, 0.2) is 6.10 Å².